The van der Waals surface area contributed by atoms with Crippen molar-refractivity contribution in [3.8, 4) is 11.3 Å². The van der Waals surface area contributed by atoms with Crippen LogP contribution in [0.3, 0.4) is 0 Å². The van der Waals surface area contributed by atoms with Crippen LogP contribution < -0.4 is 5.32 Å². The Kier molecular flexibility index (Phi) is 5.43. The molecule has 2 aromatic heterocycles. The van der Waals surface area contributed by atoms with Crippen molar-refractivity contribution in [2.45, 2.75) is 13.5 Å². The van der Waals surface area contributed by atoms with Gasteiger partial charge in [-0.2, -0.15) is 5.10 Å². The third-order valence-electron chi connectivity index (χ3n) is 3.20. The van der Waals surface area contributed by atoms with Crippen LogP contribution in [0.5, 0.6) is 0 Å². The van der Waals surface area contributed by atoms with Crippen molar-refractivity contribution < 1.29 is 4.74 Å². The number of ether oxygens (including phenoxy) is 1. The van der Waals surface area contributed by atoms with Gasteiger partial charge in [0.15, 0.2) is 5.13 Å². The standard InChI is InChI=1S/C16H17BrN4OS/c1-2-22-8-7-21-10-14(9-18-21)19-16-20-15(11-23-16)12-3-5-13(17)6-4-12/h3-6,9-11H,2,7-8H2,1H3,(H,19,20). The average molecular weight is 393 g/mol. The van der Waals surface area contributed by atoms with E-state index in [1.54, 1.807) is 17.5 Å². The lowest BCUT2D eigenvalue weighted by atomic mass is 10.2. The summed E-state index contributed by atoms with van der Waals surface area (Å²) in [6.07, 6.45) is 3.76. The molecule has 0 atom stereocenters. The van der Waals surface area contributed by atoms with Crippen molar-refractivity contribution in [2.75, 3.05) is 18.5 Å². The molecule has 1 N–H and O–H groups in total. The molecule has 5 nitrogen and oxygen atoms in total. The van der Waals surface area contributed by atoms with E-state index >= 15 is 0 Å². The van der Waals surface area contributed by atoms with Gasteiger partial charge in [0.05, 0.1) is 30.7 Å². The molecule has 0 saturated carbocycles. The first-order valence-electron chi connectivity index (χ1n) is 7.33. The van der Waals surface area contributed by atoms with Crippen LogP contribution in [0.1, 0.15) is 6.92 Å². The third kappa shape index (κ3) is 4.40. The number of anilines is 2. The number of aromatic nitrogens is 3. The minimum atomic E-state index is 0.669. The van der Waals surface area contributed by atoms with Gasteiger partial charge in [0.2, 0.25) is 0 Å². The molecule has 0 aliphatic carbocycles. The van der Waals surface area contributed by atoms with Gasteiger partial charge in [0, 0.05) is 28.2 Å². The van der Waals surface area contributed by atoms with E-state index in [1.807, 2.05) is 35.3 Å². The fraction of sp³-hybridized carbons (Fsp3) is 0.250. The molecule has 2 heterocycles. The molecule has 0 fully saturated rings. The van der Waals surface area contributed by atoms with Gasteiger partial charge in [-0.05, 0) is 19.1 Å². The Balaban J connectivity index is 1.64. The van der Waals surface area contributed by atoms with Crippen molar-refractivity contribution in [3.05, 3.63) is 46.5 Å². The van der Waals surface area contributed by atoms with E-state index < -0.39 is 0 Å². The number of rotatable bonds is 7. The van der Waals surface area contributed by atoms with E-state index in [1.165, 1.54) is 0 Å². The average Bonchev–Trinajstić information content (AvgIpc) is 3.19. The molecule has 0 amide bonds. The molecule has 0 aliphatic heterocycles. The summed E-state index contributed by atoms with van der Waals surface area (Å²) in [5.41, 5.74) is 3.00. The van der Waals surface area contributed by atoms with Crippen LogP contribution in [0.25, 0.3) is 11.3 Å². The topological polar surface area (TPSA) is 52.0 Å². The number of nitrogens with one attached hydrogen (secondary N) is 1. The summed E-state index contributed by atoms with van der Waals surface area (Å²) in [5, 5.41) is 10.5. The lowest BCUT2D eigenvalue weighted by molar-refractivity contribution is 0.136. The summed E-state index contributed by atoms with van der Waals surface area (Å²) in [6, 6.07) is 8.14. The Bertz CT molecular complexity index is 754. The molecular weight excluding hydrogens is 376 g/mol. The van der Waals surface area contributed by atoms with E-state index in [9.17, 15) is 0 Å². The SMILES string of the molecule is CCOCCn1cc(Nc2nc(-c3ccc(Br)cc3)cs2)cn1. The lowest BCUT2D eigenvalue weighted by Crippen LogP contribution is -2.05. The Morgan fingerprint density at radius 3 is 2.91 bits per heavy atom. The predicted octanol–water partition coefficient (Wildman–Crippen LogP) is 4.55. The molecule has 0 saturated heterocycles. The smallest absolute Gasteiger partial charge is 0.187 e. The van der Waals surface area contributed by atoms with Gasteiger partial charge in [-0.15, -0.1) is 11.3 Å². The van der Waals surface area contributed by atoms with Gasteiger partial charge in [-0.1, -0.05) is 28.1 Å². The zero-order valence-corrected chi connectivity index (χ0v) is 15.1. The van der Waals surface area contributed by atoms with E-state index in [2.05, 4.69) is 43.5 Å². The molecule has 0 aliphatic rings. The molecule has 0 unspecified atom stereocenters. The normalized spacial score (nSPS) is 10.9. The van der Waals surface area contributed by atoms with Crippen molar-refractivity contribution in [1.29, 1.82) is 0 Å². The third-order valence-corrected chi connectivity index (χ3v) is 4.48. The highest BCUT2D eigenvalue weighted by molar-refractivity contribution is 9.10. The Morgan fingerprint density at radius 2 is 2.13 bits per heavy atom. The molecule has 3 rings (SSSR count). The highest BCUT2D eigenvalue weighted by Gasteiger charge is 2.06. The summed E-state index contributed by atoms with van der Waals surface area (Å²) in [5.74, 6) is 0. The van der Waals surface area contributed by atoms with Gasteiger partial charge in [0.1, 0.15) is 0 Å². The maximum atomic E-state index is 5.33. The second kappa shape index (κ2) is 7.72. The van der Waals surface area contributed by atoms with E-state index in [0.717, 1.165) is 39.7 Å². The number of benzene rings is 1. The Labute approximate surface area is 147 Å². The quantitative estimate of drug-likeness (QED) is 0.599. The molecular formula is C16H17BrN4OS. The second-order valence-corrected chi connectivity index (χ2v) is 6.63. The fourth-order valence-electron chi connectivity index (χ4n) is 2.06. The monoisotopic (exact) mass is 392 g/mol. The van der Waals surface area contributed by atoms with Crippen LogP contribution in [0, 0.1) is 0 Å². The molecule has 1 aromatic carbocycles. The summed E-state index contributed by atoms with van der Waals surface area (Å²) in [7, 11) is 0. The van der Waals surface area contributed by atoms with Crippen LogP contribution in [-0.2, 0) is 11.3 Å². The minimum Gasteiger partial charge on any atom is -0.380 e. The first-order chi connectivity index (χ1) is 11.2. The van der Waals surface area contributed by atoms with Crippen molar-refractivity contribution >= 4 is 38.1 Å². The number of hydrogen-bond donors (Lipinski definition) is 1. The first kappa shape index (κ1) is 16.2. The van der Waals surface area contributed by atoms with Crippen LogP contribution in [0.2, 0.25) is 0 Å². The summed E-state index contributed by atoms with van der Waals surface area (Å²) in [4.78, 5) is 4.62. The van der Waals surface area contributed by atoms with Gasteiger partial charge < -0.3 is 10.1 Å². The predicted molar refractivity (Wildman–Crippen MR) is 97.3 cm³/mol. The Hall–Kier alpha value is -1.70. The van der Waals surface area contributed by atoms with Gasteiger partial charge in [-0.25, -0.2) is 4.98 Å². The largest absolute Gasteiger partial charge is 0.380 e. The maximum Gasteiger partial charge on any atom is 0.187 e. The van der Waals surface area contributed by atoms with Crippen LogP contribution >= 0.6 is 27.3 Å². The molecule has 7 heteroatoms. The van der Waals surface area contributed by atoms with E-state index in [4.69, 9.17) is 4.74 Å². The highest BCUT2D eigenvalue weighted by Crippen LogP contribution is 2.27. The van der Waals surface area contributed by atoms with Gasteiger partial charge in [-0.3, -0.25) is 4.68 Å². The highest BCUT2D eigenvalue weighted by atomic mass is 79.9. The van der Waals surface area contributed by atoms with Crippen molar-refractivity contribution in [1.82, 2.24) is 14.8 Å². The van der Waals surface area contributed by atoms with Crippen LogP contribution in [0.4, 0.5) is 10.8 Å². The second-order valence-electron chi connectivity index (χ2n) is 4.86. The first-order valence-corrected chi connectivity index (χ1v) is 9.00. The number of thiazole rings is 1. The fourth-order valence-corrected chi connectivity index (χ4v) is 3.06. The number of nitrogens with zero attached hydrogens (tertiary/aromatic N) is 3. The van der Waals surface area contributed by atoms with Crippen LogP contribution in [-0.4, -0.2) is 28.0 Å². The van der Waals surface area contributed by atoms with E-state index in [0.29, 0.717) is 6.61 Å². The number of halogens is 1. The zero-order chi connectivity index (χ0) is 16.1. The number of hydrogen-bond acceptors (Lipinski definition) is 5. The van der Waals surface area contributed by atoms with Gasteiger partial charge in [0.25, 0.3) is 0 Å². The molecule has 23 heavy (non-hydrogen) atoms. The molecule has 3 aromatic rings. The molecule has 0 spiro atoms. The summed E-state index contributed by atoms with van der Waals surface area (Å²) in [6.45, 7) is 4.13. The molecule has 0 bridgehead atoms. The van der Waals surface area contributed by atoms with Crippen molar-refractivity contribution in [3.63, 3.8) is 0 Å². The zero-order valence-electron chi connectivity index (χ0n) is 12.7. The molecule has 120 valence electrons. The minimum absolute atomic E-state index is 0.669. The van der Waals surface area contributed by atoms with Crippen molar-refractivity contribution in [2.24, 2.45) is 0 Å². The van der Waals surface area contributed by atoms with E-state index in [-0.39, 0.29) is 0 Å². The van der Waals surface area contributed by atoms with Crippen LogP contribution in [0.15, 0.2) is 46.5 Å². The summed E-state index contributed by atoms with van der Waals surface area (Å²) < 4.78 is 8.26. The Morgan fingerprint density at radius 1 is 1.30 bits per heavy atom. The molecule has 0 radical (unpaired) electrons. The van der Waals surface area contributed by atoms with Gasteiger partial charge >= 0.3 is 0 Å². The maximum absolute atomic E-state index is 5.33. The summed E-state index contributed by atoms with van der Waals surface area (Å²) >= 11 is 5.02. The lowest BCUT2D eigenvalue weighted by Gasteiger charge is -2.01.